The number of carboxylic acid groups (broad SMARTS) is 1. The molecule has 3 N–H and O–H groups in total. The largest absolute Gasteiger partial charge is 0.477 e. The molecule has 11 heteroatoms. The Labute approximate surface area is 203 Å². The lowest BCUT2D eigenvalue weighted by atomic mass is 10.0. The Bertz CT molecular complexity index is 1770. The van der Waals surface area contributed by atoms with Gasteiger partial charge in [0.2, 0.25) is 5.43 Å². The Hall–Kier alpha value is -4.54. The Morgan fingerprint density at radius 2 is 1.94 bits per heavy atom. The van der Waals surface area contributed by atoms with E-state index in [9.17, 15) is 23.5 Å². The van der Waals surface area contributed by atoms with Crippen LogP contribution in [-0.2, 0) is 6.54 Å². The summed E-state index contributed by atoms with van der Waals surface area (Å²) in [6.07, 6.45) is 4.46. The summed E-state index contributed by atoms with van der Waals surface area (Å²) in [5.41, 5.74) is 1.91. The van der Waals surface area contributed by atoms with Gasteiger partial charge in [0.1, 0.15) is 16.9 Å². The fraction of sp³-hybridized carbons (Fsp3) is 0.200. The van der Waals surface area contributed by atoms with Crippen molar-refractivity contribution in [1.82, 2.24) is 19.5 Å². The molecule has 1 aromatic carbocycles. The molecule has 0 aliphatic carbocycles. The molecule has 36 heavy (non-hydrogen) atoms. The first kappa shape index (κ1) is 23.2. The molecule has 0 aliphatic heterocycles. The van der Waals surface area contributed by atoms with E-state index in [1.54, 1.807) is 37.1 Å². The minimum absolute atomic E-state index is 0.0112. The van der Waals surface area contributed by atoms with Gasteiger partial charge in [-0.3, -0.25) is 4.79 Å². The van der Waals surface area contributed by atoms with Gasteiger partial charge in [0.15, 0.2) is 11.6 Å². The van der Waals surface area contributed by atoms with Gasteiger partial charge in [-0.15, -0.1) is 0 Å². The van der Waals surface area contributed by atoms with Gasteiger partial charge in [-0.1, -0.05) is 0 Å². The third-order valence-electron chi connectivity index (χ3n) is 6.28. The fourth-order valence-electron chi connectivity index (χ4n) is 4.65. The molecule has 184 valence electrons. The first-order chi connectivity index (χ1) is 17.2. The van der Waals surface area contributed by atoms with Crippen LogP contribution < -0.4 is 15.6 Å². The van der Waals surface area contributed by atoms with Gasteiger partial charge < -0.3 is 24.9 Å². The number of hydrogen-bond donors (Lipinski definition) is 3. The standard InChI is InChI=1S/C25H22F2N6O3/c1-5-33-10-15(25(35)36)22(34)13-6-11(8-30-24(13)33)14-9-29-23-17(21(14)32(3)4)12-7-16(26)18(27)20(28-2)19(12)31-23/h6-10,28H,5H2,1-4H3,(H,29,31)(H,35,36). The van der Waals surface area contributed by atoms with Crippen molar-refractivity contribution in [1.29, 1.82) is 0 Å². The zero-order valence-corrected chi connectivity index (χ0v) is 19.9. The summed E-state index contributed by atoms with van der Waals surface area (Å²) in [5.74, 6) is -3.32. The maximum Gasteiger partial charge on any atom is 0.341 e. The van der Waals surface area contributed by atoms with E-state index < -0.39 is 23.0 Å². The molecule has 9 nitrogen and oxygen atoms in total. The third kappa shape index (κ3) is 3.27. The highest BCUT2D eigenvalue weighted by Crippen LogP contribution is 2.42. The van der Waals surface area contributed by atoms with Crippen LogP contribution in [0.4, 0.5) is 20.2 Å². The summed E-state index contributed by atoms with van der Waals surface area (Å²) < 4.78 is 30.5. The van der Waals surface area contributed by atoms with E-state index in [4.69, 9.17) is 0 Å². The van der Waals surface area contributed by atoms with Crippen LogP contribution in [0.1, 0.15) is 17.3 Å². The minimum atomic E-state index is -1.32. The molecule has 0 unspecified atom stereocenters. The SMILES string of the molecule is CCn1cc(C(=O)O)c(=O)c2cc(-c3cnc4[nH]c5c(NC)c(F)c(F)cc5c4c3N(C)C)cnc21. The number of H-pyrrole nitrogens is 1. The summed E-state index contributed by atoms with van der Waals surface area (Å²) in [5, 5.41) is 13.4. The molecule has 0 radical (unpaired) electrons. The molecule has 0 fully saturated rings. The number of carboxylic acids is 1. The van der Waals surface area contributed by atoms with E-state index in [0.717, 1.165) is 6.07 Å². The first-order valence-electron chi connectivity index (χ1n) is 11.1. The summed E-state index contributed by atoms with van der Waals surface area (Å²) in [6, 6.07) is 2.72. The zero-order valence-electron chi connectivity index (χ0n) is 19.9. The lowest BCUT2D eigenvalue weighted by molar-refractivity contribution is 0.0695. The van der Waals surface area contributed by atoms with Gasteiger partial charge in [0.05, 0.1) is 27.7 Å². The van der Waals surface area contributed by atoms with Crippen LogP contribution in [0.3, 0.4) is 0 Å². The molecular weight excluding hydrogens is 470 g/mol. The Morgan fingerprint density at radius 1 is 1.19 bits per heavy atom. The Kier molecular flexibility index (Phi) is 5.35. The number of aromatic nitrogens is 4. The number of aromatic amines is 1. The van der Waals surface area contributed by atoms with E-state index in [-0.39, 0.29) is 16.6 Å². The van der Waals surface area contributed by atoms with Gasteiger partial charge >= 0.3 is 5.97 Å². The molecular formula is C25H22F2N6O3. The van der Waals surface area contributed by atoms with E-state index in [2.05, 4.69) is 20.3 Å². The van der Waals surface area contributed by atoms with Crippen LogP contribution >= 0.6 is 0 Å². The average Bonchev–Trinajstić information content (AvgIpc) is 3.21. The van der Waals surface area contributed by atoms with Crippen molar-refractivity contribution >= 4 is 50.3 Å². The van der Waals surface area contributed by atoms with Crippen molar-refractivity contribution < 1.29 is 18.7 Å². The number of aryl methyl sites for hydroxylation is 1. The average molecular weight is 492 g/mol. The predicted octanol–water partition coefficient (Wildman–Crippen LogP) is 4.20. The summed E-state index contributed by atoms with van der Waals surface area (Å²) >= 11 is 0. The van der Waals surface area contributed by atoms with Crippen LogP contribution in [0.15, 0.2) is 35.5 Å². The quantitative estimate of drug-likeness (QED) is 0.337. The molecule has 0 aliphatic rings. The fourth-order valence-corrected chi connectivity index (χ4v) is 4.65. The van der Waals surface area contributed by atoms with Crippen LogP contribution in [0, 0.1) is 11.6 Å². The summed E-state index contributed by atoms with van der Waals surface area (Å²) in [6.45, 7) is 2.25. The molecule has 5 rings (SSSR count). The number of rotatable bonds is 5. The van der Waals surface area contributed by atoms with Crippen molar-refractivity contribution in [2.24, 2.45) is 0 Å². The minimum Gasteiger partial charge on any atom is -0.477 e. The number of pyridine rings is 3. The van der Waals surface area contributed by atoms with Gasteiger partial charge in [-0.25, -0.2) is 23.5 Å². The smallest absolute Gasteiger partial charge is 0.341 e. The molecule has 4 heterocycles. The van der Waals surface area contributed by atoms with Crippen molar-refractivity contribution in [2.75, 3.05) is 31.4 Å². The lowest BCUT2D eigenvalue weighted by Gasteiger charge is -2.19. The highest BCUT2D eigenvalue weighted by molar-refractivity contribution is 6.17. The topological polar surface area (TPSA) is 116 Å². The van der Waals surface area contributed by atoms with E-state index in [1.807, 2.05) is 11.8 Å². The second-order valence-corrected chi connectivity index (χ2v) is 8.54. The maximum absolute atomic E-state index is 14.5. The lowest BCUT2D eigenvalue weighted by Crippen LogP contribution is -2.19. The normalized spacial score (nSPS) is 11.5. The third-order valence-corrected chi connectivity index (χ3v) is 6.28. The number of halogens is 2. The van der Waals surface area contributed by atoms with Crippen LogP contribution in [0.5, 0.6) is 0 Å². The second kappa shape index (κ2) is 8.29. The Morgan fingerprint density at radius 3 is 2.58 bits per heavy atom. The van der Waals surface area contributed by atoms with Crippen molar-refractivity contribution in [2.45, 2.75) is 13.5 Å². The summed E-state index contributed by atoms with van der Waals surface area (Å²) in [7, 11) is 5.11. The molecule has 0 bridgehead atoms. The van der Waals surface area contributed by atoms with Crippen molar-refractivity contribution in [3.63, 3.8) is 0 Å². The van der Waals surface area contributed by atoms with Gasteiger partial charge in [0.25, 0.3) is 0 Å². The molecule has 4 aromatic heterocycles. The number of nitrogens with zero attached hydrogens (tertiary/aromatic N) is 4. The van der Waals surface area contributed by atoms with Crippen molar-refractivity contribution in [3.05, 3.63) is 58.1 Å². The highest BCUT2D eigenvalue weighted by Gasteiger charge is 2.23. The van der Waals surface area contributed by atoms with E-state index in [0.29, 0.717) is 50.9 Å². The van der Waals surface area contributed by atoms with Gasteiger partial charge in [0, 0.05) is 62.8 Å². The maximum atomic E-state index is 14.5. The molecule has 0 atom stereocenters. The molecule has 0 spiro atoms. The van der Waals surface area contributed by atoms with E-state index in [1.165, 1.54) is 13.2 Å². The van der Waals surface area contributed by atoms with Gasteiger partial charge in [-0.2, -0.15) is 0 Å². The first-order valence-corrected chi connectivity index (χ1v) is 11.1. The second-order valence-electron chi connectivity index (χ2n) is 8.54. The number of hydrogen-bond acceptors (Lipinski definition) is 6. The zero-order chi connectivity index (χ0) is 25.9. The van der Waals surface area contributed by atoms with Crippen LogP contribution in [-0.4, -0.2) is 51.7 Å². The number of aromatic carboxylic acids is 1. The van der Waals surface area contributed by atoms with Crippen LogP contribution in [0.25, 0.3) is 44.1 Å². The monoisotopic (exact) mass is 492 g/mol. The number of benzene rings is 1. The van der Waals surface area contributed by atoms with Crippen molar-refractivity contribution in [3.8, 4) is 11.1 Å². The molecule has 0 amide bonds. The summed E-state index contributed by atoms with van der Waals surface area (Å²) in [4.78, 5) is 38.5. The molecule has 0 saturated carbocycles. The number of nitrogens with one attached hydrogen (secondary N) is 2. The molecule has 0 saturated heterocycles. The van der Waals surface area contributed by atoms with E-state index >= 15 is 0 Å². The highest BCUT2D eigenvalue weighted by atomic mass is 19.2. The van der Waals surface area contributed by atoms with Gasteiger partial charge in [-0.05, 0) is 19.1 Å². The number of carbonyl (C=O) groups is 1. The number of fused-ring (bicyclic) bond motifs is 4. The number of anilines is 2. The predicted molar refractivity (Wildman–Crippen MR) is 135 cm³/mol. The molecule has 5 aromatic rings. The Balaban J connectivity index is 1.87. The van der Waals surface area contributed by atoms with Crippen LogP contribution in [0.2, 0.25) is 0 Å².